The van der Waals surface area contributed by atoms with Crippen molar-refractivity contribution in [2.45, 2.75) is 32.4 Å². The molecule has 2 N–H and O–H groups in total. The number of rotatable bonds is 6. The molecule has 0 bridgehead atoms. The molecule has 1 amide bonds. The summed E-state index contributed by atoms with van der Waals surface area (Å²) in [4.78, 5) is 16.5. The Bertz CT molecular complexity index is 527. The van der Waals surface area contributed by atoms with Gasteiger partial charge in [-0.15, -0.1) is 11.3 Å². The fourth-order valence-corrected chi connectivity index (χ4v) is 2.70. The van der Waals surface area contributed by atoms with Gasteiger partial charge in [0.05, 0.1) is 12.1 Å². The minimum Gasteiger partial charge on any atom is -0.325 e. The summed E-state index contributed by atoms with van der Waals surface area (Å²) in [5.74, 6) is -0.0359. The first-order valence-electron chi connectivity index (χ1n) is 6.72. The molecule has 0 fully saturated rings. The van der Waals surface area contributed by atoms with Crippen LogP contribution in [0.3, 0.4) is 0 Å². The van der Waals surface area contributed by atoms with Crippen LogP contribution in [0.1, 0.15) is 31.3 Å². The van der Waals surface area contributed by atoms with E-state index in [4.69, 9.17) is 0 Å². The number of hydrogen-bond donors (Lipinski definition) is 2. The van der Waals surface area contributed by atoms with Crippen LogP contribution in [-0.4, -0.2) is 16.9 Å². The number of anilines is 1. The topological polar surface area (TPSA) is 54.0 Å². The number of hydrogen-bond acceptors (Lipinski definition) is 4. The number of para-hydroxylation sites is 1. The van der Waals surface area contributed by atoms with E-state index in [-0.39, 0.29) is 18.0 Å². The molecular formula is C15H19N3OS. The molecule has 2 unspecified atom stereocenters. The van der Waals surface area contributed by atoms with Gasteiger partial charge in [0.15, 0.2) is 0 Å². The SMILES string of the molecule is CCC(NC(C)C(=O)Nc1ccccc1)c1nccs1. The normalized spacial score (nSPS) is 13.7. The van der Waals surface area contributed by atoms with E-state index in [0.29, 0.717) is 0 Å². The van der Waals surface area contributed by atoms with Crippen LogP contribution in [0.4, 0.5) is 5.69 Å². The van der Waals surface area contributed by atoms with Crippen molar-refractivity contribution in [3.63, 3.8) is 0 Å². The van der Waals surface area contributed by atoms with Crippen molar-refractivity contribution in [2.75, 3.05) is 5.32 Å². The summed E-state index contributed by atoms with van der Waals surface area (Å²) < 4.78 is 0. The lowest BCUT2D eigenvalue weighted by molar-refractivity contribution is -0.118. The van der Waals surface area contributed by atoms with Gasteiger partial charge in [-0.2, -0.15) is 0 Å². The summed E-state index contributed by atoms with van der Waals surface area (Å²) in [6, 6.07) is 9.32. The molecule has 5 heteroatoms. The zero-order valence-electron chi connectivity index (χ0n) is 11.7. The first-order valence-corrected chi connectivity index (χ1v) is 7.60. The minimum absolute atomic E-state index is 0.0359. The van der Waals surface area contributed by atoms with Crippen molar-refractivity contribution in [3.8, 4) is 0 Å². The molecule has 0 aliphatic heterocycles. The van der Waals surface area contributed by atoms with E-state index in [1.165, 1.54) is 0 Å². The zero-order chi connectivity index (χ0) is 14.4. The van der Waals surface area contributed by atoms with Gasteiger partial charge >= 0.3 is 0 Å². The zero-order valence-corrected chi connectivity index (χ0v) is 12.5. The monoisotopic (exact) mass is 289 g/mol. The Morgan fingerprint density at radius 2 is 2.10 bits per heavy atom. The third-order valence-corrected chi connectivity index (χ3v) is 3.93. The maximum absolute atomic E-state index is 12.1. The maximum Gasteiger partial charge on any atom is 0.241 e. The van der Waals surface area contributed by atoms with E-state index in [1.54, 1.807) is 17.5 Å². The van der Waals surface area contributed by atoms with Crippen molar-refractivity contribution in [1.29, 1.82) is 0 Å². The van der Waals surface area contributed by atoms with E-state index in [0.717, 1.165) is 17.1 Å². The average molecular weight is 289 g/mol. The van der Waals surface area contributed by atoms with Crippen LogP contribution >= 0.6 is 11.3 Å². The Morgan fingerprint density at radius 1 is 1.35 bits per heavy atom. The van der Waals surface area contributed by atoms with Crippen LogP contribution in [0.5, 0.6) is 0 Å². The number of nitrogens with zero attached hydrogens (tertiary/aromatic N) is 1. The Kier molecular flexibility index (Phi) is 5.26. The highest BCUT2D eigenvalue weighted by Crippen LogP contribution is 2.19. The number of carbonyl (C=O) groups is 1. The first kappa shape index (κ1) is 14.7. The molecule has 0 spiro atoms. The smallest absolute Gasteiger partial charge is 0.241 e. The van der Waals surface area contributed by atoms with E-state index < -0.39 is 0 Å². The van der Waals surface area contributed by atoms with Crippen molar-refractivity contribution in [2.24, 2.45) is 0 Å². The third-order valence-electron chi connectivity index (χ3n) is 3.04. The van der Waals surface area contributed by atoms with Crippen molar-refractivity contribution in [1.82, 2.24) is 10.3 Å². The standard InChI is InChI=1S/C15H19N3OS/c1-3-13(15-16-9-10-20-15)17-11(2)14(19)18-12-7-5-4-6-8-12/h4-11,13,17H,3H2,1-2H3,(H,18,19). The van der Waals surface area contributed by atoms with Crippen LogP contribution in [0.25, 0.3) is 0 Å². The fraction of sp³-hybridized carbons (Fsp3) is 0.333. The van der Waals surface area contributed by atoms with Gasteiger partial charge in [-0.25, -0.2) is 4.98 Å². The molecule has 1 heterocycles. The lowest BCUT2D eigenvalue weighted by Gasteiger charge is -2.20. The number of thiazole rings is 1. The average Bonchev–Trinajstić information content (AvgIpc) is 2.99. The van der Waals surface area contributed by atoms with Gasteiger partial charge in [-0.05, 0) is 25.5 Å². The molecule has 0 saturated carbocycles. The lowest BCUT2D eigenvalue weighted by atomic mass is 10.2. The predicted octanol–water partition coefficient (Wildman–Crippen LogP) is 3.21. The van der Waals surface area contributed by atoms with E-state index in [9.17, 15) is 4.79 Å². The predicted molar refractivity (Wildman–Crippen MR) is 82.8 cm³/mol. The van der Waals surface area contributed by atoms with Gasteiger partial charge in [0.25, 0.3) is 0 Å². The summed E-state index contributed by atoms with van der Waals surface area (Å²) in [6.07, 6.45) is 2.69. The molecule has 0 aliphatic rings. The fourth-order valence-electron chi connectivity index (χ4n) is 1.92. The summed E-state index contributed by atoms with van der Waals surface area (Å²) in [5, 5.41) is 9.20. The molecule has 1 aromatic heterocycles. The van der Waals surface area contributed by atoms with Crippen LogP contribution in [0.15, 0.2) is 41.9 Å². The highest BCUT2D eigenvalue weighted by Gasteiger charge is 2.19. The maximum atomic E-state index is 12.1. The Balaban J connectivity index is 1.93. The summed E-state index contributed by atoms with van der Waals surface area (Å²) in [6.45, 7) is 3.95. The van der Waals surface area contributed by atoms with Gasteiger partial charge in [0, 0.05) is 17.3 Å². The second kappa shape index (κ2) is 7.17. The Hall–Kier alpha value is -1.72. The van der Waals surface area contributed by atoms with Gasteiger partial charge in [0.1, 0.15) is 5.01 Å². The molecule has 106 valence electrons. The molecule has 20 heavy (non-hydrogen) atoms. The van der Waals surface area contributed by atoms with E-state index >= 15 is 0 Å². The molecule has 2 atom stereocenters. The third kappa shape index (κ3) is 3.88. The van der Waals surface area contributed by atoms with Gasteiger partial charge in [-0.3, -0.25) is 10.1 Å². The molecule has 0 radical (unpaired) electrons. The van der Waals surface area contributed by atoms with Crippen molar-refractivity contribution < 1.29 is 4.79 Å². The second-order valence-corrected chi connectivity index (χ2v) is 5.50. The van der Waals surface area contributed by atoms with Gasteiger partial charge in [-0.1, -0.05) is 25.1 Å². The highest BCUT2D eigenvalue weighted by molar-refractivity contribution is 7.09. The van der Waals surface area contributed by atoms with E-state index in [2.05, 4.69) is 22.5 Å². The van der Waals surface area contributed by atoms with Crippen LogP contribution < -0.4 is 10.6 Å². The summed E-state index contributed by atoms with van der Waals surface area (Å²) in [5.41, 5.74) is 0.813. The van der Waals surface area contributed by atoms with Crippen LogP contribution in [-0.2, 0) is 4.79 Å². The van der Waals surface area contributed by atoms with Crippen molar-refractivity contribution >= 4 is 22.9 Å². The quantitative estimate of drug-likeness (QED) is 0.858. The number of aromatic nitrogens is 1. The minimum atomic E-state index is -0.274. The molecule has 0 saturated heterocycles. The molecule has 2 aromatic rings. The molecular weight excluding hydrogens is 270 g/mol. The Labute approximate surface area is 123 Å². The first-order chi connectivity index (χ1) is 9.70. The number of nitrogens with one attached hydrogen (secondary N) is 2. The molecule has 4 nitrogen and oxygen atoms in total. The highest BCUT2D eigenvalue weighted by atomic mass is 32.1. The largest absolute Gasteiger partial charge is 0.325 e. The summed E-state index contributed by atoms with van der Waals surface area (Å²) >= 11 is 1.61. The summed E-state index contributed by atoms with van der Waals surface area (Å²) in [7, 11) is 0. The van der Waals surface area contributed by atoms with Crippen LogP contribution in [0, 0.1) is 0 Å². The van der Waals surface area contributed by atoms with Crippen molar-refractivity contribution in [3.05, 3.63) is 46.9 Å². The van der Waals surface area contributed by atoms with Crippen LogP contribution in [0.2, 0.25) is 0 Å². The van der Waals surface area contributed by atoms with Gasteiger partial charge in [0.2, 0.25) is 5.91 Å². The number of benzene rings is 1. The molecule has 1 aromatic carbocycles. The van der Waals surface area contributed by atoms with E-state index in [1.807, 2.05) is 42.6 Å². The molecule has 2 rings (SSSR count). The number of carbonyl (C=O) groups excluding carboxylic acids is 1. The molecule has 0 aliphatic carbocycles. The lowest BCUT2D eigenvalue weighted by Crippen LogP contribution is -2.40. The second-order valence-electron chi connectivity index (χ2n) is 4.57. The number of amides is 1. The van der Waals surface area contributed by atoms with Gasteiger partial charge < -0.3 is 5.32 Å². The Morgan fingerprint density at radius 3 is 2.70 bits per heavy atom.